The molecule has 0 bridgehead atoms. The van der Waals surface area contributed by atoms with E-state index < -0.39 is 11.6 Å². The van der Waals surface area contributed by atoms with Gasteiger partial charge in [-0.3, -0.25) is 0 Å². The van der Waals surface area contributed by atoms with Crippen LogP contribution in [0.15, 0.2) is 24.3 Å². The minimum Gasteiger partial charge on any atom is -0.508 e. The number of rotatable bonds is 6. The van der Waals surface area contributed by atoms with Crippen LogP contribution in [0.2, 0.25) is 0 Å². The summed E-state index contributed by atoms with van der Waals surface area (Å²) in [6.45, 7) is 7.97. The van der Waals surface area contributed by atoms with E-state index in [1.54, 1.807) is 19.1 Å². The molecule has 0 spiro atoms. The molecule has 9 rings (SSSR count). The van der Waals surface area contributed by atoms with Crippen molar-refractivity contribution in [1.29, 1.82) is 0 Å². The van der Waals surface area contributed by atoms with Gasteiger partial charge >= 0.3 is 6.01 Å². The summed E-state index contributed by atoms with van der Waals surface area (Å²) in [5.41, 5.74) is 1.77. The standard InChI is InChI=1S/C34H36F2N6O2/c1-18-25(35)4-2-19-11-23(43)12-24(27(18)19)30-29(36)31-28-26(38-30)5-3-22-13-37-8-9-42(22)32(28)40-33(39-31)44-17-34(6-7-34)16-41-14-20-10-21(20)15-41/h2,4,11-12,20-22,37,43H,3,5-10,13-17H2,1H3. The molecule has 2 aromatic carbocycles. The molecule has 2 aromatic heterocycles. The molecule has 5 aliphatic rings. The predicted molar refractivity (Wildman–Crippen MR) is 164 cm³/mol. The third-order valence-corrected chi connectivity index (χ3v) is 10.8. The first-order valence-electron chi connectivity index (χ1n) is 16.0. The van der Waals surface area contributed by atoms with Crippen molar-refractivity contribution < 1.29 is 18.6 Å². The maximum Gasteiger partial charge on any atom is 0.319 e. The molecule has 2 aliphatic carbocycles. The van der Waals surface area contributed by atoms with Crippen molar-refractivity contribution >= 4 is 27.5 Å². The third kappa shape index (κ3) is 4.32. The highest BCUT2D eigenvalue weighted by Crippen LogP contribution is 2.51. The Morgan fingerprint density at radius 3 is 2.75 bits per heavy atom. The lowest BCUT2D eigenvalue weighted by Gasteiger charge is -2.36. The molecule has 2 N–H and O–H groups in total. The second-order valence-electron chi connectivity index (χ2n) is 13.9. The first-order valence-corrected chi connectivity index (χ1v) is 16.0. The molecule has 3 unspecified atom stereocenters. The van der Waals surface area contributed by atoms with Gasteiger partial charge in [-0.1, -0.05) is 6.07 Å². The summed E-state index contributed by atoms with van der Waals surface area (Å²) in [7, 11) is 0. The van der Waals surface area contributed by atoms with Gasteiger partial charge in [0.15, 0.2) is 5.82 Å². The van der Waals surface area contributed by atoms with Crippen LogP contribution in [0.25, 0.3) is 32.9 Å². The lowest BCUT2D eigenvalue weighted by Crippen LogP contribution is -2.51. The van der Waals surface area contributed by atoms with Gasteiger partial charge in [0.1, 0.15) is 28.6 Å². The summed E-state index contributed by atoms with van der Waals surface area (Å²) in [6, 6.07) is 6.38. The van der Waals surface area contributed by atoms with E-state index in [1.807, 2.05) is 0 Å². The largest absolute Gasteiger partial charge is 0.508 e. The van der Waals surface area contributed by atoms with E-state index in [4.69, 9.17) is 19.7 Å². The summed E-state index contributed by atoms with van der Waals surface area (Å²) in [5.74, 6) is 1.42. The Bertz CT molecular complexity index is 1830. The van der Waals surface area contributed by atoms with Crippen molar-refractivity contribution in [3.63, 3.8) is 0 Å². The van der Waals surface area contributed by atoms with Crippen LogP contribution >= 0.6 is 0 Å². The zero-order chi connectivity index (χ0) is 29.7. The highest BCUT2D eigenvalue weighted by molar-refractivity contribution is 6.02. The topological polar surface area (TPSA) is 86.6 Å². The van der Waals surface area contributed by atoms with Crippen LogP contribution < -0.4 is 15.0 Å². The number of halogens is 2. The van der Waals surface area contributed by atoms with Crippen LogP contribution in [0, 0.1) is 35.8 Å². The Morgan fingerprint density at radius 1 is 1.09 bits per heavy atom. The van der Waals surface area contributed by atoms with E-state index in [0.29, 0.717) is 51.8 Å². The zero-order valence-electron chi connectivity index (χ0n) is 24.9. The highest BCUT2D eigenvalue weighted by atomic mass is 19.1. The number of piperazine rings is 1. The number of aryl methyl sites for hydroxylation is 2. The van der Waals surface area contributed by atoms with Crippen molar-refractivity contribution in [1.82, 2.24) is 25.2 Å². The number of fused-ring (bicyclic) bond motifs is 4. The number of phenols is 1. The average molecular weight is 599 g/mol. The van der Waals surface area contributed by atoms with Crippen LogP contribution in [0.1, 0.15) is 36.9 Å². The number of phenolic OH excluding ortho intramolecular Hbond substituents is 1. The summed E-state index contributed by atoms with van der Waals surface area (Å²) < 4.78 is 38.0. The van der Waals surface area contributed by atoms with Crippen molar-refractivity contribution in [2.75, 3.05) is 50.8 Å². The van der Waals surface area contributed by atoms with Gasteiger partial charge in [0.25, 0.3) is 0 Å². The van der Waals surface area contributed by atoms with Crippen molar-refractivity contribution in [2.45, 2.75) is 45.1 Å². The SMILES string of the molecule is Cc1c(F)ccc2cc(O)cc(-c3nc4c5c(nc(OCC6(CN7CC8CC8C7)CC6)nc5c3F)N3CCNCC3CC4)c12. The Labute approximate surface area is 254 Å². The average Bonchev–Trinajstić information content (AvgIpc) is 3.94. The van der Waals surface area contributed by atoms with Gasteiger partial charge in [-0.05, 0) is 85.4 Å². The fourth-order valence-electron chi connectivity index (χ4n) is 8.07. The Kier molecular flexibility index (Phi) is 5.89. The summed E-state index contributed by atoms with van der Waals surface area (Å²) in [6.07, 6.45) is 5.06. The number of piperidine rings is 1. The van der Waals surface area contributed by atoms with Crippen LogP contribution in [0.5, 0.6) is 11.8 Å². The molecule has 3 atom stereocenters. The van der Waals surface area contributed by atoms with E-state index in [-0.39, 0.29) is 34.4 Å². The molecule has 4 aromatic rings. The molecular weight excluding hydrogens is 562 g/mol. The molecule has 8 nitrogen and oxygen atoms in total. The van der Waals surface area contributed by atoms with E-state index >= 15 is 4.39 Å². The van der Waals surface area contributed by atoms with E-state index in [1.165, 1.54) is 31.6 Å². The lowest BCUT2D eigenvalue weighted by atomic mass is 9.95. The van der Waals surface area contributed by atoms with Gasteiger partial charge in [-0.15, -0.1) is 0 Å². The number of aromatic hydroxyl groups is 1. The maximum absolute atomic E-state index is 16.9. The number of benzene rings is 2. The second kappa shape index (κ2) is 9.68. The molecule has 10 heteroatoms. The van der Waals surface area contributed by atoms with Gasteiger partial charge in [0, 0.05) is 56.3 Å². The van der Waals surface area contributed by atoms with Gasteiger partial charge in [0.2, 0.25) is 0 Å². The molecule has 0 amide bonds. The van der Waals surface area contributed by atoms with Crippen LogP contribution in [-0.4, -0.2) is 76.9 Å². The zero-order valence-corrected chi connectivity index (χ0v) is 24.9. The van der Waals surface area contributed by atoms with Crippen LogP contribution in [0.3, 0.4) is 0 Å². The predicted octanol–water partition coefficient (Wildman–Crippen LogP) is 4.97. The number of hydrogen-bond donors (Lipinski definition) is 2. The summed E-state index contributed by atoms with van der Waals surface area (Å²) >= 11 is 0. The molecule has 3 aliphatic heterocycles. The van der Waals surface area contributed by atoms with Crippen LogP contribution in [-0.2, 0) is 6.42 Å². The normalized spacial score (nSPS) is 25.2. The first-order chi connectivity index (χ1) is 21.4. The number of nitrogens with zero attached hydrogens (tertiary/aromatic N) is 5. The number of aromatic nitrogens is 3. The highest BCUT2D eigenvalue weighted by Gasteiger charge is 2.51. The molecule has 228 valence electrons. The molecule has 44 heavy (non-hydrogen) atoms. The molecule has 0 radical (unpaired) electrons. The van der Waals surface area contributed by atoms with Crippen molar-refractivity contribution in [2.24, 2.45) is 17.3 Å². The minimum atomic E-state index is -0.612. The smallest absolute Gasteiger partial charge is 0.319 e. The molecule has 5 heterocycles. The fourth-order valence-corrected chi connectivity index (χ4v) is 8.07. The van der Waals surface area contributed by atoms with E-state index in [0.717, 1.165) is 57.3 Å². The molecule has 2 saturated carbocycles. The quantitative estimate of drug-likeness (QED) is 0.322. The summed E-state index contributed by atoms with van der Waals surface area (Å²) in [5, 5.41) is 15.9. The van der Waals surface area contributed by atoms with E-state index in [2.05, 4.69) is 15.1 Å². The Balaban J connectivity index is 1.17. The molecule has 4 fully saturated rings. The minimum absolute atomic E-state index is 0.0358. The van der Waals surface area contributed by atoms with Crippen molar-refractivity contribution in [3.05, 3.63) is 47.2 Å². The van der Waals surface area contributed by atoms with Gasteiger partial charge in [-0.25, -0.2) is 13.8 Å². The van der Waals surface area contributed by atoms with Crippen molar-refractivity contribution in [3.8, 4) is 23.0 Å². The van der Waals surface area contributed by atoms with Gasteiger partial charge in [0.05, 0.1) is 17.7 Å². The maximum atomic E-state index is 16.9. The number of anilines is 1. The fraction of sp³-hybridized carbons (Fsp3) is 0.500. The summed E-state index contributed by atoms with van der Waals surface area (Å²) in [4.78, 5) is 19.4. The van der Waals surface area contributed by atoms with Crippen LogP contribution in [0.4, 0.5) is 14.6 Å². The number of nitrogens with one attached hydrogen (secondary N) is 1. The third-order valence-electron chi connectivity index (χ3n) is 10.8. The number of ether oxygens (including phenoxy) is 1. The Hall–Kier alpha value is -3.63. The van der Waals surface area contributed by atoms with Gasteiger partial charge in [-0.2, -0.15) is 9.97 Å². The number of hydrogen-bond acceptors (Lipinski definition) is 8. The second-order valence-corrected chi connectivity index (χ2v) is 13.9. The number of likely N-dealkylation sites (tertiary alicyclic amines) is 1. The van der Waals surface area contributed by atoms with Gasteiger partial charge < -0.3 is 25.0 Å². The number of pyridine rings is 1. The molecular formula is C34H36F2N6O2. The Morgan fingerprint density at radius 2 is 1.93 bits per heavy atom. The lowest BCUT2D eigenvalue weighted by molar-refractivity contribution is 0.163. The monoisotopic (exact) mass is 598 g/mol. The van der Waals surface area contributed by atoms with E-state index in [9.17, 15) is 9.50 Å². The first kappa shape index (κ1) is 26.7. The molecule has 2 saturated heterocycles.